The third kappa shape index (κ3) is 238. The molecule has 0 spiro atoms. The zero-order chi connectivity index (χ0) is 7.15. The third-order valence-electron chi connectivity index (χ3n) is 0. The van der Waals surface area contributed by atoms with Crippen molar-refractivity contribution in [3.8, 4) is 0 Å². The number of halogens is 1. The van der Waals surface area contributed by atoms with Crippen molar-refractivity contribution >= 4 is 17.5 Å². The van der Waals surface area contributed by atoms with Crippen LogP contribution in [0.4, 0.5) is 4.79 Å². The summed E-state index contributed by atoms with van der Waals surface area (Å²) in [5.41, 5.74) is 0. The second kappa shape index (κ2) is 36.1. The van der Waals surface area contributed by atoms with Gasteiger partial charge in [0.05, 0.1) is 0 Å². The van der Waals surface area contributed by atoms with E-state index in [0.717, 1.165) is 0 Å². The first kappa shape index (κ1) is 44.0. The minimum atomic E-state index is -2.61. The Bertz CT molecular complexity index is 84.5. The molecule has 0 aliphatic carbocycles. The molecule has 0 saturated carbocycles. The van der Waals surface area contributed by atoms with Crippen molar-refractivity contribution < 1.29 is 161 Å². The molecule has 0 aromatic carbocycles. The van der Waals surface area contributed by atoms with Gasteiger partial charge in [0.25, 0.3) is 11.4 Å². The minimum Gasteiger partial charge on any atom is -1.00 e. The van der Waals surface area contributed by atoms with E-state index in [0.29, 0.717) is 0 Å². The van der Waals surface area contributed by atoms with E-state index in [1.54, 1.807) is 0 Å². The number of carbonyl (C=O) groups excluding carboxylic acids is 1. The summed E-state index contributed by atoms with van der Waals surface area (Å²) in [5, 5.41) is 16.7. The number of hydrogen-bond acceptors (Lipinski definition) is 4. The second-order valence-electron chi connectivity index (χ2n) is 0.481. The van der Waals surface area contributed by atoms with Crippen molar-refractivity contribution in [2.45, 2.75) is 0 Å². The third-order valence-corrected chi connectivity index (χ3v) is 0. The van der Waals surface area contributed by atoms with Crippen LogP contribution in [0.1, 0.15) is 0 Å². The van der Waals surface area contributed by atoms with E-state index in [1.165, 1.54) is 0 Å². The van der Waals surface area contributed by atoms with Crippen LogP contribution in [0, 0.1) is 0 Å². The zero-order valence-corrected chi connectivity index (χ0v) is 16.8. The van der Waals surface area contributed by atoms with Crippen LogP contribution in [0.25, 0.3) is 0 Å². The van der Waals surface area contributed by atoms with Gasteiger partial charge in [0.2, 0.25) is 0 Å². The van der Waals surface area contributed by atoms with Gasteiger partial charge in [-0.3, -0.25) is 9.11 Å². The molecule has 0 aromatic rings. The topological polar surface area (TPSA) is 152 Å². The maximum absolute atomic E-state index is 8.67. The van der Waals surface area contributed by atoms with Gasteiger partial charge in [-0.2, -0.15) is 4.21 Å². The van der Waals surface area contributed by atoms with Crippen molar-refractivity contribution in [1.82, 2.24) is 0 Å². The van der Waals surface area contributed by atoms with Crippen molar-refractivity contribution in [1.29, 1.82) is 0 Å². The first-order chi connectivity index (χ1) is 3.46. The zero-order valence-electron chi connectivity index (χ0n) is 7.31. The summed E-state index contributed by atoms with van der Waals surface area (Å²) in [6.45, 7) is 0. The van der Waals surface area contributed by atoms with Crippen LogP contribution in [0.15, 0.2) is 0 Å². The summed E-state index contributed by atoms with van der Waals surface area (Å²) in [5.74, 6) is 0. The molecule has 66 valence electrons. The van der Waals surface area contributed by atoms with Gasteiger partial charge in [0.1, 0.15) is 0 Å². The number of carbonyl (C=O) groups is 1. The average molecular weight is 325 g/mol. The fourth-order valence-electron chi connectivity index (χ4n) is 0. The molecular formula is CH4BrKNa2O7S. The molecule has 0 amide bonds. The molecule has 0 atom stereocenters. The summed E-state index contributed by atoms with van der Waals surface area (Å²) in [6.07, 6.45) is -2.33. The van der Waals surface area contributed by atoms with Gasteiger partial charge < -0.3 is 37.5 Å². The summed E-state index contributed by atoms with van der Waals surface area (Å²) >= 11 is -2.61. The van der Waals surface area contributed by atoms with Gasteiger partial charge in [-0.25, -0.2) is 0 Å². The van der Waals surface area contributed by atoms with Crippen LogP contribution >= 0.6 is 0 Å². The Morgan fingerprint density at radius 1 is 1.15 bits per heavy atom. The molecule has 0 fully saturated rings. The first-order valence-electron chi connectivity index (χ1n) is 1.14. The van der Waals surface area contributed by atoms with Gasteiger partial charge in [-0.05, 0) is 6.16 Å². The molecule has 0 bridgehead atoms. The van der Waals surface area contributed by atoms with Crippen LogP contribution in [-0.4, -0.2) is 24.9 Å². The Hall–Kier alpha value is 3.42. The summed E-state index contributed by atoms with van der Waals surface area (Å²) in [6, 6.07) is 0. The Labute approximate surface area is 175 Å². The first-order valence-corrected chi connectivity index (χ1v) is 2.21. The predicted octanol–water partition coefficient (Wildman–Crippen LogP) is -15.6. The van der Waals surface area contributed by atoms with Crippen LogP contribution in [-0.2, 0) is 11.4 Å². The molecule has 0 heterocycles. The Balaban J connectivity index is -0.00000000800. The fourth-order valence-corrected chi connectivity index (χ4v) is 0. The molecule has 0 saturated heterocycles. The molecule has 0 aliphatic rings. The monoisotopic (exact) mass is 324 g/mol. The molecule has 12 heteroatoms. The van der Waals surface area contributed by atoms with Gasteiger partial charge in [-0.15, -0.1) is 0 Å². The van der Waals surface area contributed by atoms with Gasteiger partial charge in [0, 0.05) is 0 Å². The maximum atomic E-state index is 8.67. The van der Waals surface area contributed by atoms with Crippen LogP contribution < -0.4 is 138 Å². The summed E-state index contributed by atoms with van der Waals surface area (Å²) < 4.78 is 22.8. The Morgan fingerprint density at radius 2 is 1.15 bits per heavy atom. The molecule has 13 heavy (non-hydrogen) atoms. The molecule has 0 aliphatic heterocycles. The van der Waals surface area contributed by atoms with Crippen LogP contribution in [0.5, 0.6) is 0 Å². The molecule has 7 nitrogen and oxygen atoms in total. The maximum Gasteiger partial charge on any atom is 1.00 e. The van der Waals surface area contributed by atoms with Gasteiger partial charge in [0.15, 0.2) is 0 Å². The SMILES string of the molecule is O.O=C([O-])[O-].O=S(O)O.[Br-].[K+].[Na+].[Na+]. The minimum absolute atomic E-state index is 0. The molecule has 0 unspecified atom stereocenters. The van der Waals surface area contributed by atoms with E-state index in [2.05, 4.69) is 0 Å². The Morgan fingerprint density at radius 3 is 1.15 bits per heavy atom. The average Bonchev–Trinajstić information content (AvgIpc) is 1.25. The van der Waals surface area contributed by atoms with E-state index in [9.17, 15) is 0 Å². The Kier molecular flexibility index (Phi) is 122. The number of rotatable bonds is 0. The van der Waals surface area contributed by atoms with E-state index in [1.807, 2.05) is 0 Å². The van der Waals surface area contributed by atoms with E-state index in [4.69, 9.17) is 28.3 Å². The van der Waals surface area contributed by atoms with Gasteiger partial charge >= 0.3 is 110 Å². The van der Waals surface area contributed by atoms with Crippen molar-refractivity contribution in [3.63, 3.8) is 0 Å². The fraction of sp³-hybridized carbons (Fsp3) is 0. The second-order valence-corrected chi connectivity index (χ2v) is 0.942. The summed E-state index contributed by atoms with van der Waals surface area (Å²) in [4.78, 5) is 8.33. The number of hydrogen-bond donors (Lipinski definition) is 2. The van der Waals surface area contributed by atoms with E-state index in [-0.39, 0.29) is 133 Å². The molecule has 4 N–H and O–H groups in total. The summed E-state index contributed by atoms with van der Waals surface area (Å²) in [7, 11) is 0. The molecule has 0 rings (SSSR count). The van der Waals surface area contributed by atoms with Crippen molar-refractivity contribution in [2.75, 3.05) is 0 Å². The smallest absolute Gasteiger partial charge is 1.00 e. The predicted molar refractivity (Wildman–Crippen MR) is 22.4 cm³/mol. The van der Waals surface area contributed by atoms with Crippen LogP contribution in [0.2, 0.25) is 0 Å². The van der Waals surface area contributed by atoms with E-state index >= 15 is 0 Å². The molecule has 0 radical (unpaired) electrons. The van der Waals surface area contributed by atoms with E-state index < -0.39 is 17.5 Å². The van der Waals surface area contributed by atoms with Crippen molar-refractivity contribution in [3.05, 3.63) is 0 Å². The quantitative estimate of drug-likeness (QED) is 0.333. The van der Waals surface area contributed by atoms with Crippen LogP contribution in [0.3, 0.4) is 0 Å². The van der Waals surface area contributed by atoms with Gasteiger partial charge in [-0.1, -0.05) is 0 Å². The standard InChI is InChI=1S/CH2O3.BrH.K.2Na.H2O3S.H2O/c2-1(3)4;;;;;1-4(2)3;/h(H2,2,3,4);1H;;;;(H2,1,2,3);1H2/q;;3*+1;;/p-3. The molecule has 0 aromatic heterocycles. The number of carboxylic acid groups (broad SMARTS) is 2. The normalized spacial score (nSPS) is 4.54. The van der Waals surface area contributed by atoms with Crippen molar-refractivity contribution in [2.24, 2.45) is 0 Å². The molecular weight excluding hydrogens is 321 g/mol. The largest absolute Gasteiger partial charge is 1.00 e.